The van der Waals surface area contributed by atoms with E-state index < -0.39 is 17.3 Å². The molecule has 1 aliphatic rings. The van der Waals surface area contributed by atoms with Gasteiger partial charge in [0.25, 0.3) is 0 Å². The largest absolute Gasteiger partial charge is 0.481 e. The molecule has 1 aliphatic carbocycles. The van der Waals surface area contributed by atoms with Crippen molar-refractivity contribution in [2.24, 2.45) is 17.3 Å². The smallest absolute Gasteiger partial charge is 0.307 e. The zero-order valence-electron chi connectivity index (χ0n) is 19.7. The summed E-state index contributed by atoms with van der Waals surface area (Å²) >= 11 is 0. The van der Waals surface area contributed by atoms with Gasteiger partial charge in [-0.2, -0.15) is 4.98 Å². The fourth-order valence-electron chi connectivity index (χ4n) is 4.84. The van der Waals surface area contributed by atoms with Gasteiger partial charge in [-0.25, -0.2) is 4.98 Å². The Kier molecular flexibility index (Phi) is 8.21. The van der Waals surface area contributed by atoms with Crippen LogP contribution >= 0.6 is 0 Å². The molecular formula is C24H36N4O4. The van der Waals surface area contributed by atoms with Gasteiger partial charge in [0.15, 0.2) is 0 Å². The van der Waals surface area contributed by atoms with Gasteiger partial charge in [-0.05, 0) is 24.7 Å². The molecule has 0 saturated heterocycles. The molecule has 0 aliphatic heterocycles. The van der Waals surface area contributed by atoms with E-state index >= 15 is 0 Å². The second-order valence-electron chi connectivity index (χ2n) is 9.86. The first-order valence-electron chi connectivity index (χ1n) is 11.8. The van der Waals surface area contributed by atoms with Crippen molar-refractivity contribution < 1.29 is 19.2 Å². The quantitative estimate of drug-likeness (QED) is 0.511. The minimum Gasteiger partial charge on any atom is -0.481 e. The molecule has 2 aromatic heterocycles. The minimum absolute atomic E-state index is 0.296. The Morgan fingerprint density at radius 2 is 1.97 bits per heavy atom. The van der Waals surface area contributed by atoms with Crippen LogP contribution in [0.5, 0.6) is 5.88 Å². The summed E-state index contributed by atoms with van der Waals surface area (Å²) in [6.45, 7) is 8.21. The molecule has 2 heterocycles. The van der Waals surface area contributed by atoms with E-state index in [9.17, 15) is 9.90 Å². The SMILES string of the molecule is CCOc1cncc(-c2noc([C@H](CCCC3CCCCC3)C(C(=O)O)C(C)(C)C)n2)n1. The first-order valence-corrected chi connectivity index (χ1v) is 11.8. The lowest BCUT2D eigenvalue weighted by Crippen LogP contribution is -2.34. The van der Waals surface area contributed by atoms with Crippen LogP contribution in [0.2, 0.25) is 0 Å². The molecule has 1 fully saturated rings. The molecule has 1 N–H and O–H groups in total. The van der Waals surface area contributed by atoms with Crippen LogP contribution in [0.15, 0.2) is 16.9 Å². The molecule has 1 unspecified atom stereocenters. The lowest BCUT2D eigenvalue weighted by Gasteiger charge is -2.32. The van der Waals surface area contributed by atoms with Gasteiger partial charge in [0.05, 0.1) is 30.8 Å². The molecule has 8 nitrogen and oxygen atoms in total. The number of hydrogen-bond acceptors (Lipinski definition) is 7. The number of ether oxygens (including phenoxy) is 1. The number of carbonyl (C=O) groups is 1. The van der Waals surface area contributed by atoms with Crippen molar-refractivity contribution in [2.75, 3.05) is 6.61 Å². The van der Waals surface area contributed by atoms with Crippen LogP contribution in [0, 0.1) is 17.3 Å². The third kappa shape index (κ3) is 6.26. The van der Waals surface area contributed by atoms with Gasteiger partial charge < -0.3 is 14.4 Å². The summed E-state index contributed by atoms with van der Waals surface area (Å²) in [5, 5.41) is 14.2. The van der Waals surface area contributed by atoms with Gasteiger partial charge in [0, 0.05) is 0 Å². The molecule has 8 heteroatoms. The van der Waals surface area contributed by atoms with E-state index in [2.05, 4.69) is 20.1 Å². The molecule has 2 aromatic rings. The van der Waals surface area contributed by atoms with Crippen LogP contribution in [0.3, 0.4) is 0 Å². The number of aliphatic carboxylic acids is 1. The Hall–Kier alpha value is -2.51. The monoisotopic (exact) mass is 444 g/mol. The zero-order chi connectivity index (χ0) is 23.1. The van der Waals surface area contributed by atoms with Crippen LogP contribution in [0.1, 0.15) is 90.9 Å². The van der Waals surface area contributed by atoms with E-state index in [1.807, 2.05) is 27.7 Å². The van der Waals surface area contributed by atoms with Crippen molar-refractivity contribution in [1.29, 1.82) is 0 Å². The Bertz CT molecular complexity index is 871. The molecule has 0 amide bonds. The molecule has 2 atom stereocenters. The molecule has 32 heavy (non-hydrogen) atoms. The van der Waals surface area contributed by atoms with Gasteiger partial charge in [0.1, 0.15) is 5.69 Å². The maximum atomic E-state index is 12.3. The summed E-state index contributed by atoms with van der Waals surface area (Å²) in [4.78, 5) is 25.4. The third-order valence-electron chi connectivity index (χ3n) is 6.35. The van der Waals surface area contributed by atoms with Crippen molar-refractivity contribution in [2.45, 2.75) is 85.0 Å². The molecule has 0 aromatic carbocycles. The van der Waals surface area contributed by atoms with Crippen LogP contribution < -0.4 is 4.74 Å². The Labute approximate surface area is 190 Å². The zero-order valence-corrected chi connectivity index (χ0v) is 19.7. The number of hydrogen-bond donors (Lipinski definition) is 1. The van der Waals surface area contributed by atoms with Crippen LogP contribution in [-0.4, -0.2) is 37.8 Å². The second kappa shape index (κ2) is 10.9. The third-order valence-corrected chi connectivity index (χ3v) is 6.35. The van der Waals surface area contributed by atoms with E-state index in [-0.39, 0.29) is 5.92 Å². The highest BCUT2D eigenvalue weighted by molar-refractivity contribution is 5.72. The predicted molar refractivity (Wildman–Crippen MR) is 120 cm³/mol. The average Bonchev–Trinajstić information content (AvgIpc) is 3.23. The molecule has 0 spiro atoms. The molecule has 0 radical (unpaired) electrons. The molecule has 176 valence electrons. The normalized spacial score (nSPS) is 17.1. The van der Waals surface area contributed by atoms with Crippen LogP contribution in [-0.2, 0) is 4.79 Å². The summed E-state index contributed by atoms with van der Waals surface area (Å²) in [6, 6.07) is 0. The van der Waals surface area contributed by atoms with Gasteiger partial charge in [0.2, 0.25) is 17.6 Å². The van der Waals surface area contributed by atoms with Crippen LogP contribution in [0.4, 0.5) is 0 Å². The first kappa shape index (κ1) is 24.1. The fourth-order valence-corrected chi connectivity index (χ4v) is 4.84. The number of carboxylic acid groups (broad SMARTS) is 1. The lowest BCUT2D eigenvalue weighted by atomic mass is 9.71. The Morgan fingerprint density at radius 1 is 1.22 bits per heavy atom. The van der Waals surface area contributed by atoms with Crippen molar-refractivity contribution in [3.8, 4) is 17.4 Å². The van der Waals surface area contributed by atoms with E-state index in [0.717, 1.165) is 18.8 Å². The number of carboxylic acids is 1. The summed E-state index contributed by atoms with van der Waals surface area (Å²) in [5.41, 5.74) is -0.0143. The summed E-state index contributed by atoms with van der Waals surface area (Å²) in [7, 11) is 0. The van der Waals surface area contributed by atoms with Crippen molar-refractivity contribution in [3.63, 3.8) is 0 Å². The number of rotatable bonds is 10. The maximum absolute atomic E-state index is 12.3. The summed E-state index contributed by atoms with van der Waals surface area (Å²) < 4.78 is 11.0. The van der Waals surface area contributed by atoms with E-state index in [4.69, 9.17) is 9.26 Å². The van der Waals surface area contributed by atoms with E-state index in [0.29, 0.717) is 36.3 Å². The summed E-state index contributed by atoms with van der Waals surface area (Å²) in [6.07, 6.45) is 12.4. The van der Waals surface area contributed by atoms with Crippen LogP contribution in [0.25, 0.3) is 11.5 Å². The molecular weight excluding hydrogens is 408 g/mol. The van der Waals surface area contributed by atoms with Crippen molar-refractivity contribution in [1.82, 2.24) is 20.1 Å². The highest BCUT2D eigenvalue weighted by Crippen LogP contribution is 2.41. The van der Waals surface area contributed by atoms with Gasteiger partial charge in [-0.15, -0.1) is 0 Å². The molecule has 0 bridgehead atoms. The summed E-state index contributed by atoms with van der Waals surface area (Å²) in [5.74, 6) is -0.0454. The van der Waals surface area contributed by atoms with Gasteiger partial charge in [-0.3, -0.25) is 9.78 Å². The Morgan fingerprint density at radius 3 is 2.62 bits per heavy atom. The first-order chi connectivity index (χ1) is 15.3. The van der Waals surface area contributed by atoms with Crippen molar-refractivity contribution in [3.05, 3.63) is 18.3 Å². The van der Waals surface area contributed by atoms with Gasteiger partial charge >= 0.3 is 5.97 Å². The predicted octanol–water partition coefficient (Wildman–Crippen LogP) is 5.51. The van der Waals surface area contributed by atoms with Gasteiger partial charge in [-0.1, -0.05) is 70.9 Å². The Balaban J connectivity index is 1.82. The topological polar surface area (TPSA) is 111 Å². The van der Waals surface area contributed by atoms with E-state index in [1.54, 1.807) is 6.20 Å². The highest BCUT2D eigenvalue weighted by atomic mass is 16.5. The standard InChI is InChI=1S/C24H36N4O4/c1-5-31-19-15-25-14-18(26-19)21-27-22(32-28-21)17(20(23(29)30)24(2,3)4)13-9-12-16-10-7-6-8-11-16/h14-17,20H,5-13H2,1-4H3,(H,29,30)/t17-,20?/m1/s1. The van der Waals surface area contributed by atoms with E-state index in [1.165, 1.54) is 38.3 Å². The second-order valence-corrected chi connectivity index (χ2v) is 9.86. The molecule has 3 rings (SSSR count). The lowest BCUT2D eigenvalue weighted by molar-refractivity contribution is -0.147. The average molecular weight is 445 g/mol. The number of aromatic nitrogens is 4. The minimum atomic E-state index is -0.835. The highest BCUT2D eigenvalue weighted by Gasteiger charge is 2.41. The fraction of sp³-hybridized carbons (Fsp3) is 0.708. The molecule has 1 saturated carbocycles. The van der Waals surface area contributed by atoms with Crippen molar-refractivity contribution >= 4 is 5.97 Å². The maximum Gasteiger partial charge on any atom is 0.307 e. The number of nitrogens with zero attached hydrogens (tertiary/aromatic N) is 4.